The Hall–Kier alpha value is -1.62. The molecule has 0 amide bonds. The molecule has 0 aliphatic carbocycles. The molecule has 0 aromatic carbocycles. The van der Waals surface area contributed by atoms with Crippen LogP contribution in [0.15, 0.2) is 18.2 Å². The Morgan fingerprint density at radius 2 is 2.32 bits per heavy atom. The lowest BCUT2D eigenvalue weighted by molar-refractivity contribution is 0.217. The lowest BCUT2D eigenvalue weighted by atomic mass is 9.99. The summed E-state index contributed by atoms with van der Waals surface area (Å²) in [6.45, 7) is 5.39. The van der Waals surface area contributed by atoms with E-state index in [-0.39, 0.29) is 0 Å². The number of fused-ring (bicyclic) bond motifs is 1. The number of piperidine rings is 1. The van der Waals surface area contributed by atoms with E-state index in [4.69, 9.17) is 0 Å². The number of aromatic nitrogens is 3. The van der Waals surface area contributed by atoms with Gasteiger partial charge in [-0.3, -0.25) is 0 Å². The van der Waals surface area contributed by atoms with Crippen LogP contribution in [0.25, 0.3) is 5.65 Å². The van der Waals surface area contributed by atoms with E-state index in [2.05, 4.69) is 27.3 Å². The lowest BCUT2D eigenvalue weighted by Gasteiger charge is -2.29. The first-order valence-electron chi connectivity index (χ1n) is 6.97. The molecule has 5 heteroatoms. The first-order valence-corrected chi connectivity index (χ1v) is 6.97. The van der Waals surface area contributed by atoms with E-state index in [1.54, 1.807) is 0 Å². The Bertz CT molecular complexity index is 562. The maximum absolute atomic E-state index is 4.50. The van der Waals surface area contributed by atoms with Crippen LogP contribution in [0.1, 0.15) is 18.5 Å². The van der Waals surface area contributed by atoms with Gasteiger partial charge in [0.2, 0.25) is 5.95 Å². The summed E-state index contributed by atoms with van der Waals surface area (Å²) in [5, 5.41) is 7.88. The fourth-order valence-electron chi connectivity index (χ4n) is 2.79. The zero-order valence-corrected chi connectivity index (χ0v) is 11.6. The fourth-order valence-corrected chi connectivity index (χ4v) is 2.79. The minimum atomic E-state index is 0.700. The molecule has 0 bridgehead atoms. The minimum absolute atomic E-state index is 0.700. The fraction of sp³-hybridized carbons (Fsp3) is 0.571. The molecule has 5 nitrogen and oxygen atoms in total. The Morgan fingerprint density at radius 1 is 1.42 bits per heavy atom. The van der Waals surface area contributed by atoms with Crippen LogP contribution in [0.3, 0.4) is 0 Å². The van der Waals surface area contributed by atoms with Crippen molar-refractivity contribution in [2.45, 2.75) is 19.8 Å². The van der Waals surface area contributed by atoms with Crippen LogP contribution < -0.4 is 5.32 Å². The quantitative estimate of drug-likeness (QED) is 0.913. The molecule has 1 unspecified atom stereocenters. The predicted octanol–water partition coefficient (Wildman–Crippen LogP) is 1.79. The maximum Gasteiger partial charge on any atom is 0.243 e. The summed E-state index contributed by atoms with van der Waals surface area (Å²) in [5.41, 5.74) is 2.01. The van der Waals surface area contributed by atoms with Crippen molar-refractivity contribution in [3.63, 3.8) is 0 Å². The van der Waals surface area contributed by atoms with Crippen molar-refractivity contribution in [2.75, 3.05) is 32.0 Å². The first-order chi connectivity index (χ1) is 9.22. The zero-order chi connectivity index (χ0) is 13.2. The third-order valence-corrected chi connectivity index (χ3v) is 3.82. The van der Waals surface area contributed by atoms with Crippen molar-refractivity contribution in [3.05, 3.63) is 23.9 Å². The molecular formula is C14H21N5. The second kappa shape index (κ2) is 5.17. The highest BCUT2D eigenvalue weighted by Crippen LogP contribution is 2.16. The van der Waals surface area contributed by atoms with Crippen LogP contribution >= 0.6 is 0 Å². The Morgan fingerprint density at radius 3 is 3.11 bits per heavy atom. The van der Waals surface area contributed by atoms with Crippen LogP contribution in [0.5, 0.6) is 0 Å². The van der Waals surface area contributed by atoms with E-state index in [1.165, 1.54) is 25.9 Å². The van der Waals surface area contributed by atoms with Crippen molar-refractivity contribution >= 4 is 11.6 Å². The van der Waals surface area contributed by atoms with Gasteiger partial charge in [0.15, 0.2) is 5.65 Å². The number of nitrogens with zero attached hydrogens (tertiary/aromatic N) is 4. The van der Waals surface area contributed by atoms with Crippen LogP contribution in [0, 0.1) is 12.8 Å². The molecule has 3 rings (SSSR count). The van der Waals surface area contributed by atoms with Crippen molar-refractivity contribution in [1.29, 1.82) is 0 Å². The van der Waals surface area contributed by atoms with Crippen molar-refractivity contribution in [2.24, 2.45) is 5.92 Å². The number of hydrogen-bond donors (Lipinski definition) is 1. The van der Waals surface area contributed by atoms with Crippen LogP contribution in [0.2, 0.25) is 0 Å². The summed E-state index contributed by atoms with van der Waals surface area (Å²) < 4.78 is 1.88. The number of hydrogen-bond acceptors (Lipinski definition) is 4. The standard InChI is InChI=1S/C14H21N5/c1-11-5-3-7-13-16-14(17-19(11)13)15-9-12-6-4-8-18(2)10-12/h3,5,7,12H,4,6,8-10H2,1-2H3,(H,15,17). The molecule has 1 N–H and O–H groups in total. The molecule has 19 heavy (non-hydrogen) atoms. The van der Waals surface area contributed by atoms with Crippen LogP contribution in [-0.2, 0) is 0 Å². The summed E-state index contributed by atoms with van der Waals surface area (Å²) in [5.74, 6) is 1.44. The molecule has 2 aromatic rings. The number of pyridine rings is 1. The SMILES string of the molecule is Cc1cccc2nc(NCC3CCCN(C)C3)nn12. The van der Waals surface area contributed by atoms with E-state index in [9.17, 15) is 0 Å². The van der Waals surface area contributed by atoms with Crippen LogP contribution in [0.4, 0.5) is 5.95 Å². The number of rotatable bonds is 3. The first kappa shape index (κ1) is 12.4. The highest BCUT2D eigenvalue weighted by Gasteiger charge is 2.17. The van der Waals surface area contributed by atoms with Crippen molar-refractivity contribution < 1.29 is 0 Å². The predicted molar refractivity (Wildman–Crippen MR) is 76.4 cm³/mol. The normalized spacial score (nSPS) is 20.8. The monoisotopic (exact) mass is 259 g/mol. The molecule has 3 heterocycles. The highest BCUT2D eigenvalue weighted by molar-refractivity contribution is 5.44. The molecule has 1 saturated heterocycles. The molecule has 0 saturated carbocycles. The Labute approximate surface area is 113 Å². The average Bonchev–Trinajstić information content (AvgIpc) is 2.81. The smallest absolute Gasteiger partial charge is 0.243 e. The van der Waals surface area contributed by atoms with Gasteiger partial charge in [-0.05, 0) is 51.4 Å². The molecule has 0 spiro atoms. The number of aryl methyl sites for hydroxylation is 1. The van der Waals surface area contributed by atoms with Crippen molar-refractivity contribution in [1.82, 2.24) is 19.5 Å². The number of likely N-dealkylation sites (tertiary alicyclic amines) is 1. The Kier molecular flexibility index (Phi) is 3.38. The van der Waals surface area contributed by atoms with Crippen molar-refractivity contribution in [3.8, 4) is 0 Å². The molecule has 102 valence electrons. The number of anilines is 1. The van der Waals surface area contributed by atoms with E-state index < -0.39 is 0 Å². The summed E-state index contributed by atoms with van der Waals surface area (Å²) in [4.78, 5) is 6.90. The minimum Gasteiger partial charge on any atom is -0.353 e. The van der Waals surface area contributed by atoms with Gasteiger partial charge in [0.05, 0.1) is 0 Å². The van der Waals surface area contributed by atoms with Gasteiger partial charge < -0.3 is 10.2 Å². The van der Waals surface area contributed by atoms with Gasteiger partial charge in [-0.15, -0.1) is 5.10 Å². The van der Waals surface area contributed by atoms with Gasteiger partial charge >= 0.3 is 0 Å². The van der Waals surface area contributed by atoms with Gasteiger partial charge in [0, 0.05) is 18.8 Å². The van der Waals surface area contributed by atoms with E-state index in [0.29, 0.717) is 5.92 Å². The van der Waals surface area contributed by atoms with E-state index in [1.807, 2.05) is 29.6 Å². The van der Waals surface area contributed by atoms with Crippen LogP contribution in [-0.4, -0.2) is 46.2 Å². The zero-order valence-electron chi connectivity index (χ0n) is 11.6. The molecule has 1 aliphatic rings. The maximum atomic E-state index is 4.50. The Balaban J connectivity index is 1.66. The third-order valence-electron chi connectivity index (χ3n) is 3.82. The molecular weight excluding hydrogens is 238 g/mol. The number of nitrogens with one attached hydrogen (secondary N) is 1. The van der Waals surface area contributed by atoms with Gasteiger partial charge in [-0.2, -0.15) is 4.98 Å². The molecule has 0 radical (unpaired) electrons. The summed E-state index contributed by atoms with van der Waals surface area (Å²) in [6.07, 6.45) is 2.59. The molecule has 2 aromatic heterocycles. The van der Waals surface area contributed by atoms with Gasteiger partial charge in [-0.1, -0.05) is 6.07 Å². The molecule has 1 atom stereocenters. The molecule has 1 aliphatic heterocycles. The van der Waals surface area contributed by atoms with Gasteiger partial charge in [-0.25, -0.2) is 4.52 Å². The summed E-state index contributed by atoms with van der Waals surface area (Å²) in [6, 6.07) is 6.04. The second-order valence-electron chi connectivity index (χ2n) is 5.52. The summed E-state index contributed by atoms with van der Waals surface area (Å²) in [7, 11) is 2.19. The lowest BCUT2D eigenvalue weighted by Crippen LogP contribution is -2.35. The second-order valence-corrected chi connectivity index (χ2v) is 5.52. The highest BCUT2D eigenvalue weighted by atomic mass is 15.3. The summed E-state index contributed by atoms with van der Waals surface area (Å²) >= 11 is 0. The average molecular weight is 259 g/mol. The largest absolute Gasteiger partial charge is 0.353 e. The van der Waals surface area contributed by atoms with Gasteiger partial charge in [0.1, 0.15) is 0 Å². The topological polar surface area (TPSA) is 45.5 Å². The molecule has 1 fully saturated rings. The third kappa shape index (κ3) is 2.71. The van der Waals surface area contributed by atoms with E-state index >= 15 is 0 Å². The van der Waals surface area contributed by atoms with Gasteiger partial charge in [0.25, 0.3) is 0 Å². The van der Waals surface area contributed by atoms with E-state index in [0.717, 1.165) is 23.8 Å².